The predicted molar refractivity (Wildman–Crippen MR) is 156 cm³/mol. The van der Waals surface area contributed by atoms with E-state index in [9.17, 15) is 25.6 Å². The van der Waals surface area contributed by atoms with Gasteiger partial charge >= 0.3 is 0 Å². The molecule has 0 unspecified atom stereocenters. The van der Waals surface area contributed by atoms with Gasteiger partial charge < -0.3 is 9.47 Å². The minimum Gasteiger partial charge on any atom is -0.493 e. The summed E-state index contributed by atoms with van der Waals surface area (Å²) in [5, 5.41) is 0.230. The molecule has 0 amide bonds. The van der Waals surface area contributed by atoms with Crippen molar-refractivity contribution in [2.45, 2.75) is 31.6 Å². The van der Waals surface area contributed by atoms with Gasteiger partial charge in [0.1, 0.15) is 11.6 Å². The number of hydrogen-bond donors (Lipinski definition) is 0. The molecule has 0 heterocycles. The zero-order valence-corrected chi connectivity index (χ0v) is 25.6. The lowest BCUT2D eigenvalue weighted by Crippen LogP contribution is -2.36. The van der Waals surface area contributed by atoms with Crippen molar-refractivity contribution in [3.05, 3.63) is 82.4 Å². The maximum absolute atomic E-state index is 14.6. The van der Waals surface area contributed by atoms with Crippen LogP contribution in [0.5, 0.6) is 11.5 Å². The third kappa shape index (κ3) is 7.48. The fraction of sp³-hybridized carbons (Fsp3) is 0.357. The van der Waals surface area contributed by atoms with Crippen LogP contribution < -0.4 is 13.8 Å². The fourth-order valence-electron chi connectivity index (χ4n) is 4.44. The molecule has 41 heavy (non-hydrogen) atoms. The van der Waals surface area contributed by atoms with Gasteiger partial charge in [-0.05, 0) is 54.4 Å². The molecule has 0 radical (unpaired) electrons. The van der Waals surface area contributed by atoms with Crippen LogP contribution in [0.2, 0.25) is 5.02 Å². The summed E-state index contributed by atoms with van der Waals surface area (Å²) in [7, 11) is -5.22. The van der Waals surface area contributed by atoms with Crippen LogP contribution >= 0.6 is 11.6 Å². The number of benzene rings is 3. The lowest BCUT2D eigenvalue weighted by Gasteiger charge is -2.28. The molecule has 8 nitrogen and oxygen atoms in total. The Morgan fingerprint density at radius 1 is 0.854 bits per heavy atom. The summed E-state index contributed by atoms with van der Waals surface area (Å²) < 4.78 is 96.0. The van der Waals surface area contributed by atoms with Crippen LogP contribution in [-0.4, -0.2) is 60.7 Å². The van der Waals surface area contributed by atoms with E-state index in [4.69, 9.17) is 21.1 Å². The van der Waals surface area contributed by atoms with Crippen molar-refractivity contribution in [1.82, 2.24) is 4.31 Å². The van der Waals surface area contributed by atoms with Crippen molar-refractivity contribution in [2.75, 3.05) is 43.9 Å². The number of nitrogens with zero attached hydrogens (tertiary/aromatic N) is 2. The monoisotopic (exact) mass is 630 g/mol. The molecule has 0 N–H and O–H groups in total. The van der Waals surface area contributed by atoms with Gasteiger partial charge in [-0.25, -0.2) is 29.9 Å². The van der Waals surface area contributed by atoms with Crippen LogP contribution in [-0.2, 0) is 26.5 Å². The molecule has 0 aliphatic carbocycles. The van der Waals surface area contributed by atoms with Crippen LogP contribution in [0.25, 0.3) is 0 Å². The molecule has 0 saturated heterocycles. The Morgan fingerprint density at radius 3 is 2.07 bits per heavy atom. The van der Waals surface area contributed by atoms with Crippen LogP contribution in [0.1, 0.15) is 31.4 Å². The second-order valence-corrected chi connectivity index (χ2v) is 13.4. The van der Waals surface area contributed by atoms with Gasteiger partial charge in [0.25, 0.3) is 10.0 Å². The first kappa shape index (κ1) is 32.6. The molecule has 3 rings (SSSR count). The van der Waals surface area contributed by atoms with E-state index in [1.165, 1.54) is 61.0 Å². The largest absolute Gasteiger partial charge is 0.493 e. The second-order valence-electron chi connectivity index (χ2n) is 9.00. The zero-order valence-electron chi connectivity index (χ0n) is 23.2. The molecule has 0 aromatic heterocycles. The molecule has 0 aliphatic heterocycles. The number of ether oxygens (including phenoxy) is 2. The quantitative estimate of drug-likeness (QED) is 0.234. The Kier molecular flexibility index (Phi) is 11.0. The summed E-state index contributed by atoms with van der Waals surface area (Å²) in [6, 6.07) is 11.9. The van der Waals surface area contributed by atoms with E-state index in [1.54, 1.807) is 13.8 Å². The summed E-state index contributed by atoms with van der Waals surface area (Å²) in [4.78, 5) is -0.153. The molecular weight excluding hydrogens is 598 g/mol. The molecule has 13 heteroatoms. The summed E-state index contributed by atoms with van der Waals surface area (Å²) in [5.41, 5.74) is 0.0767. The minimum atomic E-state index is -4.35. The summed E-state index contributed by atoms with van der Waals surface area (Å²) in [6.45, 7) is 3.75. The Labute approximate surface area is 245 Å². The molecular formula is C28H33ClF2N2O6S2. The molecule has 0 saturated carbocycles. The minimum absolute atomic E-state index is 0.0541. The van der Waals surface area contributed by atoms with E-state index in [2.05, 4.69) is 0 Å². The van der Waals surface area contributed by atoms with E-state index in [0.717, 1.165) is 16.4 Å². The Hall–Kier alpha value is -2.93. The van der Waals surface area contributed by atoms with Crippen molar-refractivity contribution in [3.8, 4) is 11.5 Å². The lowest BCUT2D eigenvalue weighted by atomic mass is 10.0. The van der Waals surface area contributed by atoms with Gasteiger partial charge in [0.05, 0.1) is 30.6 Å². The maximum Gasteiger partial charge on any atom is 0.264 e. The standard InChI is InChI=1S/C28H33ClF2N2O6S2/c1-5-32(6-2)40(34,35)16-8-15-33(41(36,37)22-12-14-27(38-3)28(19-22)39-4)26-13-11-21(29)17-20(26)18-23-24(30)9-7-10-25(23)31/h7,9-14,17,19H,5-6,8,15-16,18H2,1-4H3. The molecule has 3 aromatic rings. The van der Waals surface area contributed by atoms with Crippen LogP contribution in [0.3, 0.4) is 0 Å². The Balaban J connectivity index is 2.14. The first-order valence-corrected chi connectivity index (χ1v) is 16.3. The summed E-state index contributed by atoms with van der Waals surface area (Å²) >= 11 is 6.23. The third-order valence-corrected chi connectivity index (χ3v) is 10.7. The van der Waals surface area contributed by atoms with E-state index >= 15 is 0 Å². The van der Waals surface area contributed by atoms with Crippen molar-refractivity contribution in [2.24, 2.45) is 0 Å². The van der Waals surface area contributed by atoms with Gasteiger partial charge in [-0.2, -0.15) is 0 Å². The average Bonchev–Trinajstić information content (AvgIpc) is 2.93. The average molecular weight is 631 g/mol. The smallest absolute Gasteiger partial charge is 0.264 e. The predicted octanol–water partition coefficient (Wildman–Crippen LogP) is 5.48. The normalized spacial score (nSPS) is 12.0. The maximum atomic E-state index is 14.6. The molecule has 0 aliphatic rings. The van der Waals surface area contributed by atoms with E-state index in [1.807, 2.05) is 0 Å². The number of hydrogen-bond acceptors (Lipinski definition) is 6. The number of methoxy groups -OCH3 is 2. The number of anilines is 1. The van der Waals surface area contributed by atoms with Crippen LogP contribution in [0.4, 0.5) is 14.5 Å². The van der Waals surface area contributed by atoms with Gasteiger partial charge in [-0.1, -0.05) is 31.5 Å². The second kappa shape index (κ2) is 13.8. The van der Waals surface area contributed by atoms with Crippen molar-refractivity contribution in [1.29, 1.82) is 0 Å². The lowest BCUT2D eigenvalue weighted by molar-refractivity contribution is 0.354. The van der Waals surface area contributed by atoms with Gasteiger partial charge in [-0.3, -0.25) is 4.31 Å². The first-order valence-electron chi connectivity index (χ1n) is 12.8. The van der Waals surface area contributed by atoms with Gasteiger partial charge in [0, 0.05) is 42.7 Å². The molecule has 0 bridgehead atoms. The van der Waals surface area contributed by atoms with Crippen molar-refractivity contribution in [3.63, 3.8) is 0 Å². The third-order valence-electron chi connectivity index (χ3n) is 6.54. The van der Waals surface area contributed by atoms with Crippen molar-refractivity contribution < 1.29 is 35.1 Å². The van der Waals surface area contributed by atoms with E-state index in [0.29, 0.717) is 5.75 Å². The summed E-state index contributed by atoms with van der Waals surface area (Å²) in [6.07, 6.45) is -0.356. The molecule has 224 valence electrons. The highest BCUT2D eigenvalue weighted by molar-refractivity contribution is 7.92. The Morgan fingerprint density at radius 2 is 1.49 bits per heavy atom. The van der Waals surface area contributed by atoms with Crippen molar-refractivity contribution >= 4 is 37.3 Å². The highest BCUT2D eigenvalue weighted by Gasteiger charge is 2.29. The fourth-order valence-corrected chi connectivity index (χ4v) is 7.73. The molecule has 0 spiro atoms. The highest BCUT2D eigenvalue weighted by Crippen LogP contribution is 2.35. The molecule has 0 atom stereocenters. The first-order chi connectivity index (χ1) is 19.4. The topological polar surface area (TPSA) is 93.2 Å². The van der Waals surface area contributed by atoms with E-state index in [-0.39, 0.29) is 70.7 Å². The van der Waals surface area contributed by atoms with E-state index < -0.39 is 31.7 Å². The van der Waals surface area contributed by atoms with Gasteiger partial charge in [-0.15, -0.1) is 0 Å². The number of sulfonamides is 2. The summed E-state index contributed by atoms with van der Waals surface area (Å²) in [5.74, 6) is -1.42. The van der Waals surface area contributed by atoms with Gasteiger partial charge in [0.15, 0.2) is 11.5 Å². The van der Waals surface area contributed by atoms with Gasteiger partial charge in [0.2, 0.25) is 10.0 Å². The molecule has 3 aromatic carbocycles. The molecule has 0 fully saturated rings. The van der Waals surface area contributed by atoms with Crippen LogP contribution in [0, 0.1) is 11.6 Å². The SMILES string of the molecule is CCN(CC)S(=O)(=O)CCCN(c1ccc(Cl)cc1Cc1c(F)cccc1F)S(=O)(=O)c1ccc(OC)c(OC)c1. The Bertz CT molecular complexity index is 1560. The highest BCUT2D eigenvalue weighted by atomic mass is 35.5. The zero-order chi connectivity index (χ0) is 30.4. The number of rotatable bonds is 14. The van der Waals surface area contributed by atoms with Crippen LogP contribution in [0.15, 0.2) is 59.5 Å². The number of halogens is 3.